The van der Waals surface area contributed by atoms with Crippen molar-refractivity contribution >= 4 is 34.0 Å². The number of hydrogen-bond donors (Lipinski definition) is 3. The van der Waals surface area contributed by atoms with Crippen LogP contribution in [-0.2, 0) is 22.6 Å². The third kappa shape index (κ3) is 7.57. The number of rotatable bonds is 5. The number of fused-ring (bicyclic) bond motifs is 3. The lowest BCUT2D eigenvalue weighted by molar-refractivity contribution is -0.135. The van der Waals surface area contributed by atoms with Crippen LogP contribution in [0.4, 0.5) is 9.59 Å². The Kier molecular flexibility index (Phi) is 9.80. The molecule has 13 heteroatoms. The molecule has 0 radical (unpaired) electrons. The van der Waals surface area contributed by atoms with Crippen LogP contribution in [0.1, 0.15) is 70.5 Å². The summed E-state index contributed by atoms with van der Waals surface area (Å²) in [5, 5.41) is 11.7. The highest BCUT2D eigenvalue weighted by atomic mass is 79.9. The van der Waals surface area contributed by atoms with Gasteiger partial charge in [-0.25, -0.2) is 14.6 Å². The quantitative estimate of drug-likeness (QED) is 0.275. The summed E-state index contributed by atoms with van der Waals surface area (Å²) in [5.41, 5.74) is 3.26. The van der Waals surface area contributed by atoms with Crippen LogP contribution in [0.2, 0.25) is 0 Å². The van der Waals surface area contributed by atoms with E-state index >= 15 is 0 Å². The minimum Gasteiger partial charge on any atom is -0.465 e. The fraction of sp³-hybridized carbons (Fsp3) is 0.455. The van der Waals surface area contributed by atoms with Gasteiger partial charge in [0.1, 0.15) is 17.5 Å². The number of nitrogens with zero attached hydrogens (tertiary/aromatic N) is 3. The average molecular weight is 699 g/mol. The summed E-state index contributed by atoms with van der Waals surface area (Å²) in [6.07, 6.45) is 2.04. The molecule has 2 atom stereocenters. The molecule has 1 saturated heterocycles. The molecule has 46 heavy (non-hydrogen) atoms. The summed E-state index contributed by atoms with van der Waals surface area (Å²) in [6, 6.07) is 10.9. The van der Waals surface area contributed by atoms with E-state index in [1.807, 2.05) is 55.1 Å². The molecule has 246 valence electrons. The molecule has 3 aliphatic heterocycles. The summed E-state index contributed by atoms with van der Waals surface area (Å²) in [4.78, 5) is 47.7. The van der Waals surface area contributed by atoms with Gasteiger partial charge in [0, 0.05) is 23.1 Å². The molecule has 0 saturated carbocycles. The Hall–Kier alpha value is -4.26. The number of halogens is 1. The number of benzene rings is 2. The zero-order chi connectivity index (χ0) is 33.2. The molecule has 1 aromatic heterocycles. The van der Waals surface area contributed by atoms with Gasteiger partial charge in [-0.05, 0) is 68.9 Å². The van der Waals surface area contributed by atoms with Crippen LogP contribution in [0.3, 0.4) is 0 Å². The molecular formula is C33H40BrN5O7. The van der Waals surface area contributed by atoms with Gasteiger partial charge in [0.2, 0.25) is 12.7 Å². The van der Waals surface area contributed by atoms with Crippen molar-refractivity contribution in [3.05, 3.63) is 64.0 Å². The van der Waals surface area contributed by atoms with E-state index in [2.05, 4.69) is 31.2 Å². The van der Waals surface area contributed by atoms with Gasteiger partial charge in [0.15, 0.2) is 11.5 Å². The van der Waals surface area contributed by atoms with Crippen molar-refractivity contribution in [2.24, 2.45) is 5.92 Å². The number of imidazole rings is 1. The maximum Gasteiger partial charge on any atom is 0.408 e. The Morgan fingerprint density at radius 3 is 2.52 bits per heavy atom. The Bertz CT molecular complexity index is 1580. The van der Waals surface area contributed by atoms with Crippen molar-refractivity contribution in [2.45, 2.75) is 78.2 Å². The molecule has 0 aliphatic carbocycles. The summed E-state index contributed by atoms with van der Waals surface area (Å²) in [6.45, 7) is 10.9. The van der Waals surface area contributed by atoms with Gasteiger partial charge in [-0.2, -0.15) is 0 Å². The molecular weight excluding hydrogens is 658 g/mol. The van der Waals surface area contributed by atoms with E-state index in [-0.39, 0.29) is 24.7 Å². The van der Waals surface area contributed by atoms with Crippen LogP contribution < -0.4 is 14.8 Å². The van der Waals surface area contributed by atoms with E-state index < -0.39 is 23.8 Å². The van der Waals surface area contributed by atoms with Gasteiger partial charge in [-0.15, -0.1) is 0 Å². The van der Waals surface area contributed by atoms with E-state index in [0.29, 0.717) is 31.1 Å². The Morgan fingerprint density at radius 2 is 1.85 bits per heavy atom. The molecule has 0 spiro atoms. The van der Waals surface area contributed by atoms with E-state index in [1.165, 1.54) is 4.90 Å². The van der Waals surface area contributed by atoms with Crippen molar-refractivity contribution in [3.63, 3.8) is 0 Å². The lowest BCUT2D eigenvalue weighted by Crippen LogP contribution is -2.52. The smallest absolute Gasteiger partial charge is 0.408 e. The predicted octanol–water partition coefficient (Wildman–Crippen LogP) is 6.46. The molecule has 0 bridgehead atoms. The number of hydrogen-bond acceptors (Lipinski definition) is 7. The van der Waals surface area contributed by atoms with Crippen LogP contribution in [0.5, 0.6) is 11.5 Å². The number of alkyl carbamates (subject to hydrolysis) is 1. The Labute approximate surface area is 276 Å². The first-order chi connectivity index (χ1) is 21.8. The largest absolute Gasteiger partial charge is 0.465 e. The van der Waals surface area contributed by atoms with Crippen molar-refractivity contribution in [1.29, 1.82) is 0 Å². The second-order valence-corrected chi connectivity index (χ2v) is 13.7. The van der Waals surface area contributed by atoms with Gasteiger partial charge < -0.3 is 34.5 Å². The zero-order valence-electron chi connectivity index (χ0n) is 26.6. The van der Waals surface area contributed by atoms with Crippen LogP contribution in [0.25, 0.3) is 11.3 Å². The van der Waals surface area contributed by atoms with Crippen molar-refractivity contribution < 1.29 is 33.7 Å². The van der Waals surface area contributed by atoms with Crippen LogP contribution in [0, 0.1) is 5.92 Å². The van der Waals surface area contributed by atoms with Crippen molar-refractivity contribution in [1.82, 2.24) is 25.1 Å². The van der Waals surface area contributed by atoms with Crippen LogP contribution >= 0.6 is 15.9 Å². The molecule has 4 heterocycles. The number of aromatic amines is 1. The van der Waals surface area contributed by atoms with Gasteiger partial charge in [-0.3, -0.25) is 9.69 Å². The first kappa shape index (κ1) is 33.1. The monoisotopic (exact) mass is 697 g/mol. The second kappa shape index (κ2) is 13.6. The number of carbonyl (C=O) groups is 3. The van der Waals surface area contributed by atoms with Crippen molar-refractivity contribution in [3.8, 4) is 22.8 Å². The standard InChI is InChI=1S/C23H31BrN4O3.C10H9NO4/c1-14(2)19(27-22(30)31-23(3,4)5)21(29)28-12-6-7-18(28)20-25-13-17(26-20)15-8-10-16(24)11-9-15;12-10(13)11-3-6-1-2-8-9(7(6)4-11)15-5-14-8/h8-11,13-14,18-19H,6-7,12H2,1-5H3,(H,25,26)(H,27,30);1-2H,3-5H2,(H,12,13). The van der Waals surface area contributed by atoms with Gasteiger partial charge >= 0.3 is 12.2 Å². The molecule has 1 fully saturated rings. The number of H-pyrrole nitrogens is 1. The third-order valence-electron chi connectivity index (χ3n) is 7.93. The first-order valence-corrected chi connectivity index (χ1v) is 16.1. The normalized spacial score (nSPS) is 17.3. The maximum absolute atomic E-state index is 13.4. The molecule has 2 unspecified atom stereocenters. The summed E-state index contributed by atoms with van der Waals surface area (Å²) in [5.74, 6) is 2.00. The second-order valence-electron chi connectivity index (χ2n) is 12.8. The zero-order valence-corrected chi connectivity index (χ0v) is 28.2. The number of ether oxygens (including phenoxy) is 3. The SMILES string of the molecule is CC(C)C(NC(=O)OC(C)(C)C)C(=O)N1CCCC1c1ncc(-c2ccc(Br)cc2)[nH]1.O=C(O)N1Cc2ccc3c(c2C1)OCO3. The highest BCUT2D eigenvalue weighted by molar-refractivity contribution is 9.10. The topological polar surface area (TPSA) is 146 Å². The van der Waals surface area contributed by atoms with Gasteiger partial charge in [0.05, 0.1) is 24.5 Å². The molecule has 6 rings (SSSR count). The Balaban J connectivity index is 0.000000229. The van der Waals surface area contributed by atoms with E-state index in [4.69, 9.17) is 19.3 Å². The molecule has 3 N–H and O–H groups in total. The summed E-state index contributed by atoms with van der Waals surface area (Å²) < 4.78 is 16.9. The number of carbonyl (C=O) groups excluding carboxylic acids is 2. The molecule has 3 amide bonds. The number of carboxylic acid groups (broad SMARTS) is 1. The molecule has 2 aromatic carbocycles. The van der Waals surface area contributed by atoms with Gasteiger partial charge in [-0.1, -0.05) is 48.0 Å². The first-order valence-electron chi connectivity index (χ1n) is 15.3. The number of aromatic nitrogens is 2. The van der Waals surface area contributed by atoms with Crippen molar-refractivity contribution in [2.75, 3.05) is 13.3 Å². The lowest BCUT2D eigenvalue weighted by Gasteiger charge is -2.31. The summed E-state index contributed by atoms with van der Waals surface area (Å²) >= 11 is 3.45. The highest BCUT2D eigenvalue weighted by Crippen LogP contribution is 2.41. The fourth-order valence-electron chi connectivity index (χ4n) is 5.70. The van der Waals surface area contributed by atoms with Crippen LogP contribution in [-0.4, -0.2) is 67.9 Å². The fourth-order valence-corrected chi connectivity index (χ4v) is 5.97. The maximum atomic E-state index is 13.4. The average Bonchev–Trinajstić information content (AvgIpc) is 3.80. The highest BCUT2D eigenvalue weighted by Gasteiger charge is 2.38. The molecule has 3 aromatic rings. The number of nitrogens with one attached hydrogen (secondary N) is 2. The minimum atomic E-state index is -0.904. The van der Waals surface area contributed by atoms with Crippen LogP contribution in [0.15, 0.2) is 47.1 Å². The molecule has 3 aliphatic rings. The van der Waals surface area contributed by atoms with E-state index in [0.717, 1.165) is 45.5 Å². The van der Waals surface area contributed by atoms with E-state index in [9.17, 15) is 14.4 Å². The minimum absolute atomic E-state index is 0.0730. The predicted molar refractivity (Wildman–Crippen MR) is 173 cm³/mol. The number of likely N-dealkylation sites (tertiary alicyclic amines) is 1. The third-order valence-corrected chi connectivity index (χ3v) is 8.46. The van der Waals surface area contributed by atoms with Gasteiger partial charge in [0.25, 0.3) is 0 Å². The summed E-state index contributed by atoms with van der Waals surface area (Å²) in [7, 11) is 0. The number of amides is 3. The van der Waals surface area contributed by atoms with E-state index in [1.54, 1.807) is 27.0 Å². The lowest BCUT2D eigenvalue weighted by atomic mass is 10.0. The molecule has 12 nitrogen and oxygen atoms in total. The Morgan fingerprint density at radius 1 is 1.11 bits per heavy atom.